The van der Waals surface area contributed by atoms with Gasteiger partial charge in [0.2, 0.25) is 5.95 Å². The summed E-state index contributed by atoms with van der Waals surface area (Å²) in [7, 11) is 0. The first-order valence-corrected chi connectivity index (χ1v) is 6.60. The molecule has 0 saturated heterocycles. The second-order valence-electron chi connectivity index (χ2n) is 5.33. The Kier molecular flexibility index (Phi) is 2.40. The summed E-state index contributed by atoms with van der Waals surface area (Å²) in [4.78, 5) is 4.45. The zero-order valence-corrected chi connectivity index (χ0v) is 11.5. The van der Waals surface area contributed by atoms with Crippen molar-refractivity contribution in [3.63, 3.8) is 0 Å². The van der Waals surface area contributed by atoms with Crippen molar-refractivity contribution in [1.82, 2.24) is 14.6 Å². The predicted molar refractivity (Wildman–Crippen MR) is 71.1 cm³/mol. The molecule has 1 N–H and O–H groups in total. The quantitative estimate of drug-likeness (QED) is 0.946. The van der Waals surface area contributed by atoms with E-state index < -0.39 is 0 Å². The number of pyridine rings is 1. The van der Waals surface area contributed by atoms with Crippen molar-refractivity contribution in [3.05, 3.63) is 22.8 Å². The van der Waals surface area contributed by atoms with Crippen LogP contribution in [0.25, 0.3) is 5.65 Å². The largest absolute Gasteiger partial charge is 0.353 e. The standard InChI is InChI=1S/C12H15BrN4/c1-12(2)6-8(12)7-14-11-15-10-9(13)4-3-5-17(10)16-11/h3-5,8H,6-7H2,1-2H3,(H,14,16). The fourth-order valence-corrected chi connectivity index (χ4v) is 2.51. The maximum absolute atomic E-state index is 4.45. The number of aromatic nitrogens is 3. The summed E-state index contributed by atoms with van der Waals surface area (Å²) in [6, 6.07) is 3.91. The lowest BCUT2D eigenvalue weighted by Gasteiger charge is -2.02. The van der Waals surface area contributed by atoms with E-state index in [9.17, 15) is 0 Å². The number of hydrogen-bond acceptors (Lipinski definition) is 3. The van der Waals surface area contributed by atoms with Gasteiger partial charge < -0.3 is 5.32 Å². The summed E-state index contributed by atoms with van der Waals surface area (Å²) >= 11 is 3.47. The molecule has 1 unspecified atom stereocenters. The van der Waals surface area contributed by atoms with Crippen LogP contribution < -0.4 is 5.32 Å². The Morgan fingerprint density at radius 3 is 3.00 bits per heavy atom. The van der Waals surface area contributed by atoms with E-state index in [0.29, 0.717) is 11.4 Å². The highest BCUT2D eigenvalue weighted by molar-refractivity contribution is 9.10. The molecule has 0 amide bonds. The van der Waals surface area contributed by atoms with Crippen LogP contribution in [0.15, 0.2) is 22.8 Å². The lowest BCUT2D eigenvalue weighted by Crippen LogP contribution is -2.08. The molecular formula is C12H15BrN4. The van der Waals surface area contributed by atoms with Gasteiger partial charge in [-0.05, 0) is 45.8 Å². The van der Waals surface area contributed by atoms with Crippen molar-refractivity contribution in [1.29, 1.82) is 0 Å². The van der Waals surface area contributed by atoms with Crippen LogP contribution in [0.2, 0.25) is 0 Å². The molecule has 1 aliphatic rings. The van der Waals surface area contributed by atoms with Crippen molar-refractivity contribution in [3.8, 4) is 0 Å². The van der Waals surface area contributed by atoms with E-state index >= 15 is 0 Å². The van der Waals surface area contributed by atoms with E-state index in [1.54, 1.807) is 4.52 Å². The van der Waals surface area contributed by atoms with Crippen LogP contribution >= 0.6 is 15.9 Å². The van der Waals surface area contributed by atoms with Gasteiger partial charge in [0.15, 0.2) is 5.65 Å². The topological polar surface area (TPSA) is 42.2 Å². The van der Waals surface area contributed by atoms with Crippen LogP contribution in [0.5, 0.6) is 0 Å². The van der Waals surface area contributed by atoms with E-state index in [0.717, 1.165) is 22.6 Å². The van der Waals surface area contributed by atoms with Crippen molar-refractivity contribution in [2.45, 2.75) is 20.3 Å². The van der Waals surface area contributed by atoms with Crippen molar-refractivity contribution < 1.29 is 0 Å². The number of fused-ring (bicyclic) bond motifs is 1. The fraction of sp³-hybridized carbons (Fsp3) is 0.500. The number of anilines is 1. The third kappa shape index (κ3) is 2.04. The SMILES string of the molecule is CC1(C)CC1CNc1nc2c(Br)cccn2n1. The van der Waals surface area contributed by atoms with Gasteiger partial charge in [0, 0.05) is 12.7 Å². The van der Waals surface area contributed by atoms with Gasteiger partial charge in [-0.2, -0.15) is 4.98 Å². The monoisotopic (exact) mass is 294 g/mol. The molecule has 0 aromatic carbocycles. The molecule has 1 fully saturated rings. The first kappa shape index (κ1) is 11.0. The molecule has 1 aliphatic carbocycles. The summed E-state index contributed by atoms with van der Waals surface area (Å²) in [5.74, 6) is 1.46. The van der Waals surface area contributed by atoms with Gasteiger partial charge in [0.25, 0.3) is 0 Å². The molecule has 1 saturated carbocycles. The van der Waals surface area contributed by atoms with Gasteiger partial charge in [0.05, 0.1) is 4.47 Å². The molecule has 0 bridgehead atoms. The molecule has 2 aromatic rings. The average molecular weight is 295 g/mol. The minimum Gasteiger partial charge on any atom is -0.353 e. The minimum atomic E-state index is 0.493. The molecular weight excluding hydrogens is 280 g/mol. The second-order valence-corrected chi connectivity index (χ2v) is 6.18. The zero-order valence-electron chi connectivity index (χ0n) is 9.94. The minimum absolute atomic E-state index is 0.493. The second kappa shape index (κ2) is 3.70. The van der Waals surface area contributed by atoms with Gasteiger partial charge >= 0.3 is 0 Å². The normalized spacial score (nSPS) is 21.7. The van der Waals surface area contributed by atoms with Crippen LogP contribution in [0.4, 0.5) is 5.95 Å². The summed E-state index contributed by atoms with van der Waals surface area (Å²) in [5, 5.41) is 7.70. The highest BCUT2D eigenvalue weighted by Crippen LogP contribution is 2.51. The molecule has 3 rings (SSSR count). The van der Waals surface area contributed by atoms with Crippen LogP contribution in [-0.4, -0.2) is 21.1 Å². The number of hydrogen-bond donors (Lipinski definition) is 1. The Morgan fingerprint density at radius 1 is 1.59 bits per heavy atom. The third-order valence-electron chi connectivity index (χ3n) is 3.54. The molecule has 0 spiro atoms. The number of rotatable bonds is 3. The maximum Gasteiger partial charge on any atom is 0.243 e. The van der Waals surface area contributed by atoms with Crippen LogP contribution in [0.3, 0.4) is 0 Å². The molecule has 17 heavy (non-hydrogen) atoms. The smallest absolute Gasteiger partial charge is 0.243 e. The summed E-state index contributed by atoms with van der Waals surface area (Å²) < 4.78 is 2.75. The molecule has 0 aliphatic heterocycles. The molecule has 90 valence electrons. The van der Waals surface area contributed by atoms with E-state index in [1.165, 1.54) is 6.42 Å². The number of halogens is 1. The van der Waals surface area contributed by atoms with Crippen molar-refractivity contribution in [2.24, 2.45) is 11.3 Å². The van der Waals surface area contributed by atoms with Crippen LogP contribution in [0.1, 0.15) is 20.3 Å². The molecule has 1 atom stereocenters. The summed E-state index contributed by atoms with van der Waals surface area (Å²) in [5.41, 5.74) is 1.34. The van der Waals surface area contributed by atoms with E-state index in [2.05, 4.69) is 45.2 Å². The molecule has 2 aromatic heterocycles. The Labute approximate surface area is 109 Å². The average Bonchev–Trinajstić information content (AvgIpc) is 2.73. The Balaban J connectivity index is 1.76. The highest BCUT2D eigenvalue weighted by atomic mass is 79.9. The molecule has 0 radical (unpaired) electrons. The zero-order chi connectivity index (χ0) is 12.0. The van der Waals surface area contributed by atoms with Crippen molar-refractivity contribution in [2.75, 3.05) is 11.9 Å². The first-order valence-electron chi connectivity index (χ1n) is 5.81. The molecule has 4 nitrogen and oxygen atoms in total. The lowest BCUT2D eigenvalue weighted by atomic mass is 10.1. The number of nitrogens with zero attached hydrogens (tertiary/aromatic N) is 3. The molecule has 5 heteroatoms. The maximum atomic E-state index is 4.45. The van der Waals surface area contributed by atoms with Gasteiger partial charge in [-0.3, -0.25) is 0 Å². The highest BCUT2D eigenvalue weighted by Gasteiger charge is 2.45. The van der Waals surface area contributed by atoms with Crippen molar-refractivity contribution >= 4 is 27.5 Å². The van der Waals surface area contributed by atoms with Crippen LogP contribution in [-0.2, 0) is 0 Å². The first-order chi connectivity index (χ1) is 8.06. The van der Waals surface area contributed by atoms with Gasteiger partial charge in [-0.25, -0.2) is 4.52 Å². The third-order valence-corrected chi connectivity index (χ3v) is 4.16. The summed E-state index contributed by atoms with van der Waals surface area (Å²) in [6.45, 7) is 5.56. The lowest BCUT2D eigenvalue weighted by molar-refractivity contribution is 0.572. The van der Waals surface area contributed by atoms with E-state index in [-0.39, 0.29) is 0 Å². The Bertz CT molecular complexity index is 561. The van der Waals surface area contributed by atoms with E-state index in [4.69, 9.17) is 0 Å². The van der Waals surface area contributed by atoms with E-state index in [1.807, 2.05) is 18.3 Å². The summed E-state index contributed by atoms with van der Waals surface area (Å²) in [6.07, 6.45) is 3.19. The van der Waals surface area contributed by atoms with Gasteiger partial charge in [-0.1, -0.05) is 13.8 Å². The van der Waals surface area contributed by atoms with Gasteiger partial charge in [0.1, 0.15) is 0 Å². The Hall–Kier alpha value is -1.10. The fourth-order valence-electron chi connectivity index (χ4n) is 2.09. The van der Waals surface area contributed by atoms with Gasteiger partial charge in [-0.15, -0.1) is 5.10 Å². The molecule has 2 heterocycles. The Morgan fingerprint density at radius 2 is 2.35 bits per heavy atom. The van der Waals surface area contributed by atoms with Crippen LogP contribution in [0, 0.1) is 11.3 Å². The number of nitrogens with one attached hydrogen (secondary N) is 1. The predicted octanol–water partition coefficient (Wildman–Crippen LogP) is 2.95.